The smallest absolute Gasteiger partial charge is 0.387 e. The Morgan fingerprint density at radius 3 is 2.79 bits per heavy atom. The second-order valence-electron chi connectivity index (χ2n) is 6.48. The van der Waals surface area contributed by atoms with Crippen molar-refractivity contribution in [2.75, 3.05) is 24.6 Å². The summed E-state index contributed by atoms with van der Waals surface area (Å²) in [6, 6.07) is 14.5. The normalized spacial score (nSPS) is 17.1. The summed E-state index contributed by atoms with van der Waals surface area (Å²) in [4.78, 5) is 2.02. The van der Waals surface area contributed by atoms with Gasteiger partial charge in [-0.15, -0.1) is 0 Å². The van der Waals surface area contributed by atoms with Gasteiger partial charge in [-0.3, -0.25) is 0 Å². The van der Waals surface area contributed by atoms with Gasteiger partial charge in [-0.1, -0.05) is 34.9 Å². The third-order valence-corrected chi connectivity index (χ3v) is 4.54. The van der Waals surface area contributed by atoms with Gasteiger partial charge >= 0.3 is 6.61 Å². The Hall–Kier alpha value is -3.07. The van der Waals surface area contributed by atoms with E-state index in [1.165, 1.54) is 6.07 Å². The van der Waals surface area contributed by atoms with Gasteiger partial charge in [0, 0.05) is 6.54 Å². The summed E-state index contributed by atoms with van der Waals surface area (Å²) in [5, 5.41) is 12.1. The zero-order chi connectivity index (χ0) is 19.5. The van der Waals surface area contributed by atoms with Crippen LogP contribution in [0.3, 0.4) is 0 Å². The maximum atomic E-state index is 12.5. The molecule has 4 rings (SSSR count). The molecule has 3 aromatic rings. The summed E-state index contributed by atoms with van der Waals surface area (Å²) in [6.07, 6.45) is -0.307. The highest BCUT2D eigenvalue weighted by molar-refractivity contribution is 5.42. The Balaban J connectivity index is 1.55. The van der Waals surface area contributed by atoms with Crippen LogP contribution in [0.25, 0.3) is 5.69 Å². The number of alkyl halides is 2. The van der Waals surface area contributed by atoms with Crippen LogP contribution < -0.4 is 9.64 Å². The van der Waals surface area contributed by atoms with Crippen molar-refractivity contribution >= 4 is 5.95 Å². The molecule has 1 saturated heterocycles. The topological polar surface area (TPSA) is 65.3 Å². The van der Waals surface area contributed by atoms with E-state index < -0.39 is 6.61 Å². The third-order valence-electron chi connectivity index (χ3n) is 4.54. The molecule has 9 heteroatoms. The summed E-state index contributed by atoms with van der Waals surface area (Å²) < 4.78 is 37.0. The number of rotatable bonds is 5. The average molecular weight is 387 g/mol. The predicted molar refractivity (Wildman–Crippen MR) is 97.9 cm³/mol. The van der Waals surface area contributed by atoms with E-state index in [4.69, 9.17) is 4.74 Å². The first-order valence-electron chi connectivity index (χ1n) is 8.87. The molecule has 2 heterocycles. The number of hydrogen-bond donors (Lipinski definition) is 0. The van der Waals surface area contributed by atoms with Crippen molar-refractivity contribution in [2.45, 2.75) is 19.6 Å². The highest BCUT2D eigenvalue weighted by Gasteiger charge is 2.26. The molecule has 7 nitrogen and oxygen atoms in total. The molecule has 0 bridgehead atoms. The molecule has 1 fully saturated rings. The predicted octanol–water partition coefficient (Wildman–Crippen LogP) is 3.15. The number of anilines is 1. The van der Waals surface area contributed by atoms with Crippen LogP contribution >= 0.6 is 0 Å². The highest BCUT2D eigenvalue weighted by Crippen LogP contribution is 2.28. The van der Waals surface area contributed by atoms with Crippen LogP contribution in [0.1, 0.15) is 17.2 Å². The Kier molecular flexibility index (Phi) is 5.16. The van der Waals surface area contributed by atoms with Crippen molar-refractivity contribution in [3.63, 3.8) is 0 Å². The first-order valence-corrected chi connectivity index (χ1v) is 8.87. The second kappa shape index (κ2) is 7.89. The molecule has 1 aromatic heterocycles. The molecule has 0 amide bonds. The van der Waals surface area contributed by atoms with E-state index in [2.05, 4.69) is 20.3 Å². The number of halogens is 2. The molecule has 1 aliphatic rings. The van der Waals surface area contributed by atoms with Crippen LogP contribution in [0, 0.1) is 6.92 Å². The standard InChI is InChI=1S/C19H19F2N5O2/c1-13-5-7-15(8-6-13)26-19(22-23-24-26)25-9-10-27-17(12-25)14-3-2-4-16(11-14)28-18(20)21/h2-8,11,17-18H,9-10,12H2,1H3. The van der Waals surface area contributed by atoms with Gasteiger partial charge in [0.05, 0.1) is 18.8 Å². The fourth-order valence-corrected chi connectivity index (χ4v) is 3.16. The molecule has 1 atom stereocenters. The number of ether oxygens (including phenoxy) is 2. The van der Waals surface area contributed by atoms with E-state index >= 15 is 0 Å². The molecule has 1 aliphatic heterocycles. The van der Waals surface area contributed by atoms with E-state index in [-0.39, 0.29) is 11.9 Å². The lowest BCUT2D eigenvalue weighted by Gasteiger charge is -2.33. The molecule has 0 saturated carbocycles. The van der Waals surface area contributed by atoms with Crippen LogP contribution in [-0.4, -0.2) is 46.5 Å². The zero-order valence-electron chi connectivity index (χ0n) is 15.2. The van der Waals surface area contributed by atoms with Gasteiger partial charge in [-0.2, -0.15) is 13.5 Å². The molecule has 1 unspecified atom stereocenters. The number of nitrogens with zero attached hydrogens (tertiary/aromatic N) is 5. The van der Waals surface area contributed by atoms with Crippen molar-refractivity contribution in [1.82, 2.24) is 20.2 Å². The van der Waals surface area contributed by atoms with Crippen molar-refractivity contribution < 1.29 is 18.3 Å². The summed E-state index contributed by atoms with van der Waals surface area (Å²) in [5.41, 5.74) is 2.77. The molecule has 0 aliphatic carbocycles. The minimum atomic E-state index is -2.86. The summed E-state index contributed by atoms with van der Waals surface area (Å²) in [5.74, 6) is 0.717. The number of benzene rings is 2. The number of hydrogen-bond acceptors (Lipinski definition) is 6. The summed E-state index contributed by atoms with van der Waals surface area (Å²) >= 11 is 0. The summed E-state index contributed by atoms with van der Waals surface area (Å²) in [6.45, 7) is 0.729. The Labute approximate surface area is 160 Å². The van der Waals surface area contributed by atoms with Crippen LogP contribution in [0.5, 0.6) is 5.75 Å². The fourth-order valence-electron chi connectivity index (χ4n) is 3.16. The van der Waals surface area contributed by atoms with Gasteiger partial charge in [0.2, 0.25) is 0 Å². The third kappa shape index (κ3) is 3.94. The van der Waals surface area contributed by atoms with E-state index in [0.29, 0.717) is 25.6 Å². The Bertz CT molecular complexity index is 932. The van der Waals surface area contributed by atoms with Crippen molar-refractivity contribution in [2.24, 2.45) is 0 Å². The molecule has 2 aromatic carbocycles. The molecule has 0 radical (unpaired) electrons. The van der Waals surface area contributed by atoms with Crippen LogP contribution in [0.2, 0.25) is 0 Å². The first kappa shape index (κ1) is 18.3. The number of aryl methyl sites for hydroxylation is 1. The van der Waals surface area contributed by atoms with Gasteiger partial charge in [-0.05, 0) is 47.2 Å². The molecule has 0 spiro atoms. The fraction of sp³-hybridized carbons (Fsp3) is 0.316. The number of tetrazole rings is 1. The molecule has 0 N–H and O–H groups in total. The molecular formula is C19H19F2N5O2. The highest BCUT2D eigenvalue weighted by atomic mass is 19.3. The largest absolute Gasteiger partial charge is 0.435 e. The zero-order valence-corrected chi connectivity index (χ0v) is 15.2. The quantitative estimate of drug-likeness (QED) is 0.670. The van der Waals surface area contributed by atoms with E-state index in [1.807, 2.05) is 42.2 Å². The Morgan fingerprint density at radius 2 is 2.00 bits per heavy atom. The van der Waals surface area contributed by atoms with Gasteiger partial charge in [0.15, 0.2) is 0 Å². The van der Waals surface area contributed by atoms with Gasteiger partial charge in [0.1, 0.15) is 11.9 Å². The SMILES string of the molecule is Cc1ccc(-n2nnnc2N2CCOC(c3cccc(OC(F)F)c3)C2)cc1. The summed E-state index contributed by atoms with van der Waals surface area (Å²) in [7, 11) is 0. The molecule has 28 heavy (non-hydrogen) atoms. The molecular weight excluding hydrogens is 368 g/mol. The maximum Gasteiger partial charge on any atom is 0.387 e. The van der Waals surface area contributed by atoms with Crippen molar-refractivity contribution in [1.29, 1.82) is 0 Å². The lowest BCUT2D eigenvalue weighted by atomic mass is 10.1. The first-order chi connectivity index (χ1) is 13.6. The van der Waals surface area contributed by atoms with Gasteiger partial charge < -0.3 is 14.4 Å². The minimum absolute atomic E-state index is 0.109. The van der Waals surface area contributed by atoms with Gasteiger partial charge in [0.25, 0.3) is 5.95 Å². The molecule has 146 valence electrons. The van der Waals surface area contributed by atoms with Crippen LogP contribution in [0.4, 0.5) is 14.7 Å². The van der Waals surface area contributed by atoms with Crippen molar-refractivity contribution in [3.8, 4) is 11.4 Å². The minimum Gasteiger partial charge on any atom is -0.435 e. The van der Waals surface area contributed by atoms with Crippen LogP contribution in [-0.2, 0) is 4.74 Å². The van der Waals surface area contributed by atoms with Crippen molar-refractivity contribution in [3.05, 3.63) is 59.7 Å². The average Bonchev–Trinajstić information content (AvgIpc) is 3.18. The lowest BCUT2D eigenvalue weighted by Crippen LogP contribution is -2.39. The number of aromatic nitrogens is 4. The van der Waals surface area contributed by atoms with Gasteiger partial charge in [-0.25, -0.2) is 0 Å². The Morgan fingerprint density at radius 1 is 1.18 bits per heavy atom. The van der Waals surface area contributed by atoms with Crippen LogP contribution in [0.15, 0.2) is 48.5 Å². The van der Waals surface area contributed by atoms with E-state index in [9.17, 15) is 8.78 Å². The van der Waals surface area contributed by atoms with E-state index in [1.54, 1.807) is 16.8 Å². The number of morpholine rings is 1. The monoisotopic (exact) mass is 387 g/mol. The maximum absolute atomic E-state index is 12.5. The van der Waals surface area contributed by atoms with E-state index in [0.717, 1.165) is 16.8 Å². The lowest BCUT2D eigenvalue weighted by molar-refractivity contribution is -0.0501. The second-order valence-corrected chi connectivity index (χ2v) is 6.48.